The highest BCUT2D eigenvalue weighted by molar-refractivity contribution is 5.84. The van der Waals surface area contributed by atoms with Crippen molar-refractivity contribution in [2.75, 3.05) is 6.61 Å². The maximum Gasteiger partial charge on any atom is 0.241 e. The summed E-state index contributed by atoms with van der Waals surface area (Å²) in [5.74, 6) is 0.858. The minimum Gasteiger partial charge on any atom is -0.493 e. The summed E-state index contributed by atoms with van der Waals surface area (Å²) >= 11 is 0. The molecule has 2 aliphatic heterocycles. The van der Waals surface area contributed by atoms with Crippen LogP contribution >= 0.6 is 0 Å². The van der Waals surface area contributed by atoms with E-state index in [4.69, 9.17) is 4.74 Å². The molecule has 3 rings (SSSR count). The Balaban J connectivity index is 1.85. The summed E-state index contributed by atoms with van der Waals surface area (Å²) in [5.41, 5.74) is 4.44. The third-order valence-electron chi connectivity index (χ3n) is 4.49. The summed E-state index contributed by atoms with van der Waals surface area (Å²) in [5, 5.41) is 8.68. The number of hydrogen-bond acceptors (Lipinski definition) is 5. The maximum atomic E-state index is 12.6. The lowest BCUT2D eigenvalue weighted by Gasteiger charge is -2.39. The standard InChI is InChI=1S/C17H26N4O2/c1-4-8-14-18-11(3)15-17(22)19-16(20-21(14)15)12-9-6-7-10-13(12)23-5-2/h6-7,9-11,14-16,18,20H,4-5,8H2,1-3H3,(H,19,22). The molecule has 1 amide bonds. The van der Waals surface area contributed by atoms with Crippen LogP contribution < -0.4 is 20.8 Å². The van der Waals surface area contributed by atoms with Gasteiger partial charge in [-0.15, -0.1) is 0 Å². The number of benzene rings is 1. The number of nitrogens with zero attached hydrogens (tertiary/aromatic N) is 1. The van der Waals surface area contributed by atoms with Crippen molar-refractivity contribution in [2.45, 2.75) is 58.0 Å². The van der Waals surface area contributed by atoms with Gasteiger partial charge in [-0.25, -0.2) is 10.4 Å². The van der Waals surface area contributed by atoms with Crippen molar-refractivity contribution < 1.29 is 9.53 Å². The van der Waals surface area contributed by atoms with Gasteiger partial charge in [-0.2, -0.15) is 0 Å². The van der Waals surface area contributed by atoms with Gasteiger partial charge in [0.2, 0.25) is 5.91 Å². The van der Waals surface area contributed by atoms with Crippen LogP contribution in [-0.4, -0.2) is 35.8 Å². The minimum absolute atomic E-state index is 0.0543. The quantitative estimate of drug-likeness (QED) is 0.768. The molecular formula is C17H26N4O2. The van der Waals surface area contributed by atoms with Crippen molar-refractivity contribution in [3.8, 4) is 5.75 Å². The van der Waals surface area contributed by atoms with Gasteiger partial charge in [-0.3, -0.25) is 10.1 Å². The largest absolute Gasteiger partial charge is 0.493 e. The van der Waals surface area contributed by atoms with Gasteiger partial charge >= 0.3 is 0 Å². The Morgan fingerprint density at radius 2 is 2.04 bits per heavy atom. The zero-order valence-electron chi connectivity index (χ0n) is 14.0. The van der Waals surface area contributed by atoms with Gasteiger partial charge in [0.15, 0.2) is 0 Å². The van der Waals surface area contributed by atoms with Crippen LogP contribution in [0.15, 0.2) is 24.3 Å². The molecule has 2 aliphatic rings. The Morgan fingerprint density at radius 1 is 1.26 bits per heavy atom. The van der Waals surface area contributed by atoms with E-state index in [1.165, 1.54) is 0 Å². The lowest BCUT2D eigenvalue weighted by atomic mass is 10.1. The van der Waals surface area contributed by atoms with Gasteiger partial charge in [-0.1, -0.05) is 31.5 Å². The number of fused-ring (bicyclic) bond motifs is 1. The SMILES string of the molecule is CCCC1NC(C)C2C(=O)NC(c3ccccc3OCC)NN12. The maximum absolute atomic E-state index is 12.6. The molecule has 1 aromatic rings. The molecule has 0 saturated carbocycles. The number of carbonyl (C=O) groups excluding carboxylic acids is 1. The first-order valence-corrected chi connectivity index (χ1v) is 8.48. The van der Waals surface area contributed by atoms with E-state index in [2.05, 4.69) is 34.9 Å². The number of carbonyl (C=O) groups is 1. The molecule has 2 saturated heterocycles. The molecule has 0 aromatic heterocycles. The van der Waals surface area contributed by atoms with Gasteiger partial charge in [0.05, 0.1) is 12.8 Å². The van der Waals surface area contributed by atoms with Crippen LogP contribution in [0, 0.1) is 0 Å². The van der Waals surface area contributed by atoms with Crippen molar-refractivity contribution in [1.29, 1.82) is 0 Å². The van der Waals surface area contributed by atoms with Crippen molar-refractivity contribution in [3.05, 3.63) is 29.8 Å². The van der Waals surface area contributed by atoms with E-state index in [9.17, 15) is 4.79 Å². The normalized spacial score (nSPS) is 30.8. The first kappa shape index (κ1) is 16.2. The van der Waals surface area contributed by atoms with Crippen LogP contribution in [0.1, 0.15) is 45.3 Å². The topological polar surface area (TPSA) is 65.6 Å². The molecule has 0 bridgehead atoms. The molecule has 2 heterocycles. The molecule has 23 heavy (non-hydrogen) atoms. The van der Waals surface area contributed by atoms with Crippen LogP contribution in [0.5, 0.6) is 5.75 Å². The molecule has 0 spiro atoms. The van der Waals surface area contributed by atoms with E-state index in [0.29, 0.717) is 6.61 Å². The number of nitrogens with one attached hydrogen (secondary N) is 3. The molecule has 0 aliphatic carbocycles. The van der Waals surface area contributed by atoms with Crippen LogP contribution in [0.25, 0.3) is 0 Å². The molecule has 4 atom stereocenters. The van der Waals surface area contributed by atoms with Gasteiger partial charge in [0.1, 0.15) is 18.0 Å². The van der Waals surface area contributed by atoms with E-state index in [1.807, 2.05) is 31.2 Å². The smallest absolute Gasteiger partial charge is 0.241 e. The number of para-hydroxylation sites is 1. The lowest BCUT2D eigenvalue weighted by Crippen LogP contribution is -2.64. The number of ether oxygens (including phenoxy) is 1. The summed E-state index contributed by atoms with van der Waals surface area (Å²) < 4.78 is 5.71. The Labute approximate surface area is 137 Å². The van der Waals surface area contributed by atoms with Crippen molar-refractivity contribution in [3.63, 3.8) is 0 Å². The van der Waals surface area contributed by atoms with E-state index < -0.39 is 0 Å². The van der Waals surface area contributed by atoms with Crippen molar-refractivity contribution >= 4 is 5.91 Å². The van der Waals surface area contributed by atoms with Crippen LogP contribution in [0.2, 0.25) is 0 Å². The van der Waals surface area contributed by atoms with E-state index in [0.717, 1.165) is 24.2 Å². The number of amides is 1. The average Bonchev–Trinajstić information content (AvgIpc) is 2.85. The Morgan fingerprint density at radius 3 is 2.78 bits per heavy atom. The number of hydrazine groups is 1. The third kappa shape index (κ3) is 3.06. The van der Waals surface area contributed by atoms with E-state index in [-0.39, 0.29) is 30.3 Å². The van der Waals surface area contributed by atoms with Crippen LogP contribution in [0.3, 0.4) is 0 Å². The minimum atomic E-state index is -0.270. The zero-order chi connectivity index (χ0) is 16.4. The predicted octanol–water partition coefficient (Wildman–Crippen LogP) is 1.51. The van der Waals surface area contributed by atoms with Gasteiger partial charge in [0.25, 0.3) is 0 Å². The van der Waals surface area contributed by atoms with Gasteiger partial charge < -0.3 is 10.1 Å². The van der Waals surface area contributed by atoms with E-state index in [1.54, 1.807) is 0 Å². The molecule has 0 radical (unpaired) electrons. The molecule has 3 N–H and O–H groups in total. The lowest BCUT2D eigenvalue weighted by molar-refractivity contribution is -0.134. The molecule has 2 fully saturated rings. The molecule has 4 unspecified atom stereocenters. The second-order valence-electron chi connectivity index (χ2n) is 6.15. The third-order valence-corrected chi connectivity index (χ3v) is 4.49. The highest BCUT2D eigenvalue weighted by atomic mass is 16.5. The molecular weight excluding hydrogens is 292 g/mol. The zero-order valence-corrected chi connectivity index (χ0v) is 14.0. The first-order valence-electron chi connectivity index (χ1n) is 8.48. The van der Waals surface area contributed by atoms with E-state index >= 15 is 0 Å². The second kappa shape index (κ2) is 6.86. The summed E-state index contributed by atoms with van der Waals surface area (Å²) in [6.45, 7) is 6.78. The Kier molecular flexibility index (Phi) is 4.84. The van der Waals surface area contributed by atoms with Gasteiger partial charge in [0, 0.05) is 11.6 Å². The van der Waals surface area contributed by atoms with Crippen molar-refractivity contribution in [2.24, 2.45) is 0 Å². The van der Waals surface area contributed by atoms with Crippen LogP contribution in [0.4, 0.5) is 0 Å². The monoisotopic (exact) mass is 318 g/mol. The fourth-order valence-corrected chi connectivity index (χ4v) is 3.49. The number of rotatable bonds is 5. The molecule has 126 valence electrons. The Bertz CT molecular complexity index is 565. The summed E-state index contributed by atoms with van der Waals surface area (Å²) in [6, 6.07) is 7.79. The number of hydrogen-bond donors (Lipinski definition) is 3. The summed E-state index contributed by atoms with van der Waals surface area (Å²) in [4.78, 5) is 12.6. The van der Waals surface area contributed by atoms with Crippen LogP contribution in [-0.2, 0) is 4.79 Å². The molecule has 6 nitrogen and oxygen atoms in total. The molecule has 1 aromatic carbocycles. The Hall–Kier alpha value is -1.63. The fourth-order valence-electron chi connectivity index (χ4n) is 3.49. The first-order chi connectivity index (χ1) is 11.2. The highest BCUT2D eigenvalue weighted by Gasteiger charge is 2.47. The summed E-state index contributed by atoms with van der Waals surface area (Å²) in [6.07, 6.45) is 1.97. The second-order valence-corrected chi connectivity index (χ2v) is 6.15. The van der Waals surface area contributed by atoms with Gasteiger partial charge in [-0.05, 0) is 26.3 Å². The summed E-state index contributed by atoms with van der Waals surface area (Å²) in [7, 11) is 0. The highest BCUT2D eigenvalue weighted by Crippen LogP contribution is 2.29. The van der Waals surface area contributed by atoms with Crippen molar-refractivity contribution in [1.82, 2.24) is 21.1 Å². The fraction of sp³-hybridized carbons (Fsp3) is 0.588. The molecule has 6 heteroatoms. The average molecular weight is 318 g/mol. The predicted molar refractivity (Wildman–Crippen MR) is 88.6 cm³/mol.